The maximum atomic E-state index is 10.6. The van der Waals surface area contributed by atoms with Crippen LogP contribution in [0.2, 0.25) is 0 Å². The molecule has 1 saturated heterocycles. The SMILES string of the molecule is C=CC1CC(=O)OC1C. The number of hydrogen-bond acceptors (Lipinski definition) is 2. The summed E-state index contributed by atoms with van der Waals surface area (Å²) < 4.78 is 4.85. The van der Waals surface area contributed by atoms with Gasteiger partial charge in [0.2, 0.25) is 0 Å². The molecule has 0 amide bonds. The van der Waals surface area contributed by atoms with Crippen LogP contribution in [-0.2, 0) is 9.53 Å². The first-order chi connectivity index (χ1) is 4.24. The molecule has 1 aliphatic heterocycles. The summed E-state index contributed by atoms with van der Waals surface area (Å²) in [5.41, 5.74) is 0. The van der Waals surface area contributed by atoms with Gasteiger partial charge in [0.05, 0.1) is 6.42 Å². The van der Waals surface area contributed by atoms with E-state index in [1.807, 2.05) is 6.92 Å². The normalized spacial score (nSPS) is 34.1. The summed E-state index contributed by atoms with van der Waals surface area (Å²) in [5.74, 6) is 0.130. The number of carbonyl (C=O) groups excluding carboxylic acids is 1. The lowest BCUT2D eigenvalue weighted by Gasteiger charge is -2.05. The van der Waals surface area contributed by atoms with Gasteiger partial charge in [-0.05, 0) is 6.92 Å². The lowest BCUT2D eigenvalue weighted by atomic mass is 10.0. The lowest BCUT2D eigenvalue weighted by molar-refractivity contribution is -0.140. The Morgan fingerprint density at radius 2 is 2.56 bits per heavy atom. The van der Waals surface area contributed by atoms with Gasteiger partial charge in [-0.2, -0.15) is 0 Å². The summed E-state index contributed by atoms with van der Waals surface area (Å²) in [6, 6.07) is 0. The van der Waals surface area contributed by atoms with Gasteiger partial charge in [0.1, 0.15) is 6.10 Å². The highest BCUT2D eigenvalue weighted by atomic mass is 16.5. The topological polar surface area (TPSA) is 26.3 Å². The van der Waals surface area contributed by atoms with Crippen molar-refractivity contribution in [1.29, 1.82) is 0 Å². The molecule has 50 valence electrons. The van der Waals surface area contributed by atoms with Crippen molar-refractivity contribution in [3.8, 4) is 0 Å². The molecule has 2 heteroatoms. The lowest BCUT2D eigenvalue weighted by Crippen LogP contribution is -2.07. The fourth-order valence-corrected chi connectivity index (χ4v) is 0.976. The number of rotatable bonds is 1. The maximum Gasteiger partial charge on any atom is 0.306 e. The minimum absolute atomic E-state index is 0.0370. The Kier molecular flexibility index (Phi) is 1.56. The van der Waals surface area contributed by atoms with Gasteiger partial charge in [0, 0.05) is 5.92 Å². The molecule has 0 radical (unpaired) electrons. The zero-order valence-corrected chi connectivity index (χ0v) is 5.46. The average molecular weight is 126 g/mol. The highest BCUT2D eigenvalue weighted by Gasteiger charge is 2.28. The van der Waals surface area contributed by atoms with E-state index in [0.717, 1.165) is 0 Å². The molecule has 0 bridgehead atoms. The smallest absolute Gasteiger partial charge is 0.306 e. The summed E-state index contributed by atoms with van der Waals surface area (Å²) in [6.45, 7) is 5.48. The Bertz CT molecular complexity index is 140. The highest BCUT2D eigenvalue weighted by molar-refractivity contribution is 5.72. The summed E-state index contributed by atoms with van der Waals surface area (Å²) >= 11 is 0. The largest absolute Gasteiger partial charge is 0.462 e. The van der Waals surface area contributed by atoms with E-state index < -0.39 is 0 Å². The molecule has 1 rings (SSSR count). The van der Waals surface area contributed by atoms with Gasteiger partial charge in [-0.3, -0.25) is 4.79 Å². The Morgan fingerprint density at radius 1 is 1.89 bits per heavy atom. The minimum Gasteiger partial charge on any atom is -0.462 e. The fraction of sp³-hybridized carbons (Fsp3) is 0.571. The zero-order chi connectivity index (χ0) is 6.85. The fourth-order valence-electron chi connectivity index (χ4n) is 0.976. The third-order valence-corrected chi connectivity index (χ3v) is 1.63. The molecule has 0 aromatic heterocycles. The number of cyclic esters (lactones) is 1. The summed E-state index contributed by atoms with van der Waals surface area (Å²) in [5, 5.41) is 0. The van der Waals surface area contributed by atoms with Crippen molar-refractivity contribution in [3.05, 3.63) is 12.7 Å². The van der Waals surface area contributed by atoms with E-state index in [9.17, 15) is 4.79 Å². The van der Waals surface area contributed by atoms with Crippen LogP contribution in [0.4, 0.5) is 0 Å². The first kappa shape index (κ1) is 6.33. The second-order valence-corrected chi connectivity index (χ2v) is 2.30. The molecule has 0 spiro atoms. The molecule has 0 aromatic rings. The molecule has 2 unspecified atom stereocenters. The third-order valence-electron chi connectivity index (χ3n) is 1.63. The van der Waals surface area contributed by atoms with Gasteiger partial charge in [-0.1, -0.05) is 6.08 Å². The van der Waals surface area contributed by atoms with E-state index in [1.54, 1.807) is 6.08 Å². The Morgan fingerprint density at radius 3 is 2.78 bits per heavy atom. The minimum atomic E-state index is -0.104. The van der Waals surface area contributed by atoms with Crippen LogP contribution in [-0.4, -0.2) is 12.1 Å². The van der Waals surface area contributed by atoms with Crippen molar-refractivity contribution >= 4 is 5.97 Å². The molecule has 1 fully saturated rings. The maximum absolute atomic E-state index is 10.6. The molecular formula is C7H10O2. The van der Waals surface area contributed by atoms with Gasteiger partial charge in [-0.15, -0.1) is 6.58 Å². The van der Waals surface area contributed by atoms with E-state index >= 15 is 0 Å². The molecule has 2 nitrogen and oxygen atoms in total. The van der Waals surface area contributed by atoms with E-state index in [1.165, 1.54) is 0 Å². The van der Waals surface area contributed by atoms with Crippen LogP contribution in [0, 0.1) is 5.92 Å². The predicted molar refractivity (Wildman–Crippen MR) is 33.9 cm³/mol. The van der Waals surface area contributed by atoms with Crippen molar-refractivity contribution in [2.75, 3.05) is 0 Å². The van der Waals surface area contributed by atoms with E-state index in [2.05, 4.69) is 6.58 Å². The quantitative estimate of drug-likeness (QED) is 0.389. The van der Waals surface area contributed by atoms with E-state index in [4.69, 9.17) is 4.74 Å². The summed E-state index contributed by atoms with van der Waals surface area (Å²) in [7, 11) is 0. The van der Waals surface area contributed by atoms with Gasteiger partial charge < -0.3 is 4.74 Å². The van der Waals surface area contributed by atoms with E-state index in [0.29, 0.717) is 6.42 Å². The van der Waals surface area contributed by atoms with Gasteiger partial charge in [-0.25, -0.2) is 0 Å². The Labute approximate surface area is 54.5 Å². The van der Waals surface area contributed by atoms with Crippen LogP contribution in [0.5, 0.6) is 0 Å². The number of hydrogen-bond donors (Lipinski definition) is 0. The first-order valence-electron chi connectivity index (χ1n) is 3.06. The molecule has 1 aliphatic rings. The number of esters is 1. The second kappa shape index (κ2) is 2.21. The van der Waals surface area contributed by atoms with Gasteiger partial charge >= 0.3 is 5.97 Å². The summed E-state index contributed by atoms with van der Waals surface area (Å²) in [6.07, 6.45) is 2.32. The molecule has 0 aliphatic carbocycles. The van der Waals surface area contributed by atoms with Crippen LogP contribution < -0.4 is 0 Å². The van der Waals surface area contributed by atoms with Crippen molar-refractivity contribution in [2.24, 2.45) is 5.92 Å². The molecule has 1 heterocycles. The average Bonchev–Trinajstić information content (AvgIpc) is 2.10. The predicted octanol–water partition coefficient (Wildman–Crippen LogP) is 1.12. The Hall–Kier alpha value is -0.790. The van der Waals surface area contributed by atoms with Crippen molar-refractivity contribution < 1.29 is 9.53 Å². The van der Waals surface area contributed by atoms with Crippen LogP contribution in [0.3, 0.4) is 0 Å². The number of carbonyl (C=O) groups is 1. The molecule has 0 saturated carbocycles. The zero-order valence-electron chi connectivity index (χ0n) is 5.46. The first-order valence-corrected chi connectivity index (χ1v) is 3.06. The monoisotopic (exact) mass is 126 g/mol. The van der Waals surface area contributed by atoms with Crippen LogP contribution in [0.1, 0.15) is 13.3 Å². The molecule has 9 heavy (non-hydrogen) atoms. The van der Waals surface area contributed by atoms with E-state index in [-0.39, 0.29) is 18.0 Å². The second-order valence-electron chi connectivity index (χ2n) is 2.30. The van der Waals surface area contributed by atoms with Crippen LogP contribution in [0.25, 0.3) is 0 Å². The van der Waals surface area contributed by atoms with Gasteiger partial charge in [0.15, 0.2) is 0 Å². The van der Waals surface area contributed by atoms with Crippen LogP contribution in [0.15, 0.2) is 12.7 Å². The van der Waals surface area contributed by atoms with Crippen molar-refractivity contribution in [3.63, 3.8) is 0 Å². The number of ether oxygens (including phenoxy) is 1. The molecule has 0 N–H and O–H groups in total. The van der Waals surface area contributed by atoms with Crippen molar-refractivity contribution in [1.82, 2.24) is 0 Å². The highest BCUT2D eigenvalue weighted by Crippen LogP contribution is 2.21. The third kappa shape index (κ3) is 1.12. The molecular weight excluding hydrogens is 116 g/mol. The van der Waals surface area contributed by atoms with Crippen LogP contribution >= 0.6 is 0 Å². The molecule has 0 aromatic carbocycles. The van der Waals surface area contributed by atoms with Gasteiger partial charge in [0.25, 0.3) is 0 Å². The Balaban J connectivity index is 2.57. The van der Waals surface area contributed by atoms with Crippen molar-refractivity contribution in [2.45, 2.75) is 19.4 Å². The summed E-state index contributed by atoms with van der Waals surface area (Å²) in [4.78, 5) is 10.6. The molecule has 2 atom stereocenters. The standard InChI is InChI=1S/C7H10O2/c1-3-6-4-7(8)9-5(6)2/h3,5-6H,1,4H2,2H3.